The minimum atomic E-state index is -3.74. The van der Waals surface area contributed by atoms with Gasteiger partial charge < -0.3 is 10.2 Å². The molecule has 1 saturated carbocycles. The van der Waals surface area contributed by atoms with Gasteiger partial charge in [0.05, 0.1) is 4.90 Å². The molecule has 2 aliphatic rings. The minimum absolute atomic E-state index is 0.0433. The van der Waals surface area contributed by atoms with Crippen LogP contribution in [0.1, 0.15) is 24.8 Å². The molecule has 31 heavy (non-hydrogen) atoms. The number of nitrogens with zero attached hydrogens (tertiary/aromatic N) is 2. The Balaban J connectivity index is 1.35. The number of hydrogen-bond donors (Lipinski definition) is 1. The van der Waals surface area contributed by atoms with Crippen molar-refractivity contribution in [3.05, 3.63) is 65.7 Å². The van der Waals surface area contributed by atoms with Crippen molar-refractivity contribution in [2.45, 2.75) is 29.6 Å². The average Bonchev–Trinajstić information content (AvgIpc) is 3.57. The maximum Gasteiger partial charge on any atom is 0.317 e. The van der Waals surface area contributed by atoms with Crippen LogP contribution in [0.3, 0.4) is 0 Å². The molecule has 2 amide bonds. The van der Waals surface area contributed by atoms with Gasteiger partial charge in [-0.3, -0.25) is 0 Å². The van der Waals surface area contributed by atoms with Gasteiger partial charge in [0.2, 0.25) is 10.0 Å². The van der Waals surface area contributed by atoms with Gasteiger partial charge in [-0.1, -0.05) is 12.1 Å². The monoisotopic (exact) mass is 449 g/mol. The van der Waals surface area contributed by atoms with Crippen LogP contribution in [0.5, 0.6) is 0 Å². The molecule has 4 rings (SSSR count). The number of nitrogens with one attached hydrogen (secondary N) is 1. The van der Waals surface area contributed by atoms with E-state index in [-0.39, 0.29) is 35.2 Å². The van der Waals surface area contributed by atoms with Gasteiger partial charge in [0, 0.05) is 38.1 Å². The number of halogens is 2. The molecule has 0 unspecified atom stereocenters. The Kier molecular flexibility index (Phi) is 5.98. The summed E-state index contributed by atoms with van der Waals surface area (Å²) in [6, 6.07) is 10.9. The Morgan fingerprint density at radius 2 is 1.52 bits per heavy atom. The van der Waals surface area contributed by atoms with Gasteiger partial charge in [0.25, 0.3) is 0 Å². The summed E-state index contributed by atoms with van der Waals surface area (Å²) in [5.74, 6) is -0.778. The molecule has 0 spiro atoms. The lowest BCUT2D eigenvalue weighted by Gasteiger charge is -2.24. The van der Waals surface area contributed by atoms with Crippen LogP contribution < -0.4 is 5.32 Å². The zero-order valence-corrected chi connectivity index (χ0v) is 17.9. The summed E-state index contributed by atoms with van der Waals surface area (Å²) >= 11 is 0. The summed E-state index contributed by atoms with van der Waals surface area (Å²) in [7, 11) is -3.74. The SMILES string of the molecule is O=C(NCC1(c2ccc(F)cc2)CC1)N1CCCN(S(=O)(=O)c2ccc(F)cc2)CC1. The number of hydrogen-bond acceptors (Lipinski definition) is 3. The molecule has 9 heteroatoms. The van der Waals surface area contributed by atoms with Crippen LogP contribution in [0.15, 0.2) is 53.4 Å². The molecule has 0 bridgehead atoms. The molecule has 0 radical (unpaired) electrons. The molecule has 2 aromatic rings. The van der Waals surface area contributed by atoms with Crippen molar-refractivity contribution in [2.24, 2.45) is 0 Å². The third kappa shape index (κ3) is 4.72. The number of sulfonamides is 1. The van der Waals surface area contributed by atoms with Gasteiger partial charge in [0.15, 0.2) is 0 Å². The molecule has 2 aromatic carbocycles. The van der Waals surface area contributed by atoms with Crippen molar-refractivity contribution < 1.29 is 22.0 Å². The second-order valence-electron chi connectivity index (χ2n) is 8.14. The molecule has 166 valence electrons. The lowest BCUT2D eigenvalue weighted by molar-refractivity contribution is 0.199. The van der Waals surface area contributed by atoms with Crippen LogP contribution in [0.4, 0.5) is 13.6 Å². The van der Waals surface area contributed by atoms with Crippen molar-refractivity contribution in [2.75, 3.05) is 32.7 Å². The summed E-state index contributed by atoms with van der Waals surface area (Å²) in [6.07, 6.45) is 2.38. The third-order valence-electron chi connectivity index (χ3n) is 6.08. The Bertz CT molecular complexity index is 1040. The molecule has 1 aliphatic carbocycles. The Morgan fingerprint density at radius 1 is 0.903 bits per heavy atom. The molecule has 1 heterocycles. The van der Waals surface area contributed by atoms with E-state index in [1.807, 2.05) is 0 Å². The maximum absolute atomic E-state index is 13.2. The van der Waals surface area contributed by atoms with Crippen LogP contribution in [0.25, 0.3) is 0 Å². The molecule has 2 fully saturated rings. The lowest BCUT2D eigenvalue weighted by Crippen LogP contribution is -2.44. The Morgan fingerprint density at radius 3 is 2.13 bits per heavy atom. The Hall–Kier alpha value is -2.52. The highest BCUT2D eigenvalue weighted by molar-refractivity contribution is 7.89. The van der Waals surface area contributed by atoms with Gasteiger partial charge in [0.1, 0.15) is 11.6 Å². The predicted octanol–water partition coefficient (Wildman–Crippen LogP) is 3.10. The van der Waals surface area contributed by atoms with E-state index < -0.39 is 15.8 Å². The quantitative estimate of drug-likeness (QED) is 0.763. The number of urea groups is 1. The van der Waals surface area contributed by atoms with Gasteiger partial charge >= 0.3 is 6.03 Å². The molecule has 1 aliphatic heterocycles. The van der Waals surface area contributed by atoms with Crippen molar-refractivity contribution in [3.63, 3.8) is 0 Å². The van der Waals surface area contributed by atoms with Crippen LogP contribution in [-0.4, -0.2) is 56.4 Å². The first kappa shape index (κ1) is 21.7. The molecular weight excluding hydrogens is 424 g/mol. The van der Waals surface area contributed by atoms with E-state index in [1.54, 1.807) is 17.0 Å². The highest BCUT2D eigenvalue weighted by Crippen LogP contribution is 2.47. The van der Waals surface area contributed by atoms with E-state index in [1.165, 1.54) is 28.6 Å². The molecule has 0 aromatic heterocycles. The maximum atomic E-state index is 13.2. The number of benzene rings is 2. The second-order valence-corrected chi connectivity index (χ2v) is 10.1. The fraction of sp³-hybridized carbons (Fsp3) is 0.409. The normalized spacial score (nSPS) is 19.0. The number of carbonyl (C=O) groups excluding carboxylic acids is 1. The molecule has 1 N–H and O–H groups in total. The van der Waals surface area contributed by atoms with E-state index in [9.17, 15) is 22.0 Å². The largest absolute Gasteiger partial charge is 0.337 e. The first-order valence-electron chi connectivity index (χ1n) is 10.3. The minimum Gasteiger partial charge on any atom is -0.337 e. The number of amides is 2. The van der Waals surface area contributed by atoms with Crippen molar-refractivity contribution in [3.8, 4) is 0 Å². The highest BCUT2D eigenvalue weighted by atomic mass is 32.2. The van der Waals surface area contributed by atoms with Crippen LogP contribution in [0, 0.1) is 11.6 Å². The first-order chi connectivity index (χ1) is 14.8. The van der Waals surface area contributed by atoms with Gasteiger partial charge in [-0.2, -0.15) is 4.31 Å². The van der Waals surface area contributed by atoms with Crippen molar-refractivity contribution in [1.29, 1.82) is 0 Å². The summed E-state index contributed by atoms with van der Waals surface area (Å²) in [5, 5.41) is 2.97. The van der Waals surface area contributed by atoms with Crippen molar-refractivity contribution >= 4 is 16.1 Å². The van der Waals surface area contributed by atoms with Crippen LogP contribution in [0.2, 0.25) is 0 Å². The fourth-order valence-corrected chi connectivity index (χ4v) is 5.44. The lowest BCUT2D eigenvalue weighted by atomic mass is 9.96. The van der Waals surface area contributed by atoms with Crippen molar-refractivity contribution in [1.82, 2.24) is 14.5 Å². The first-order valence-corrected chi connectivity index (χ1v) is 11.8. The zero-order chi connectivity index (χ0) is 22.1. The van der Waals surface area contributed by atoms with Gasteiger partial charge in [-0.05, 0) is 61.2 Å². The molecule has 0 atom stereocenters. The van der Waals surface area contributed by atoms with Gasteiger partial charge in [-0.15, -0.1) is 0 Å². The fourth-order valence-electron chi connectivity index (χ4n) is 3.97. The van der Waals surface area contributed by atoms with E-state index in [0.29, 0.717) is 26.1 Å². The van der Waals surface area contributed by atoms with E-state index in [4.69, 9.17) is 0 Å². The summed E-state index contributed by atoms with van der Waals surface area (Å²) in [4.78, 5) is 14.4. The number of rotatable bonds is 5. The smallest absolute Gasteiger partial charge is 0.317 e. The topological polar surface area (TPSA) is 69.7 Å². The van der Waals surface area contributed by atoms with E-state index >= 15 is 0 Å². The van der Waals surface area contributed by atoms with E-state index in [2.05, 4.69) is 5.32 Å². The Labute approximate surface area is 180 Å². The van der Waals surface area contributed by atoms with Gasteiger partial charge in [-0.25, -0.2) is 22.0 Å². The average molecular weight is 450 g/mol. The van der Waals surface area contributed by atoms with Crippen LogP contribution >= 0.6 is 0 Å². The summed E-state index contributed by atoms with van der Waals surface area (Å²) < 4.78 is 53.3. The van der Waals surface area contributed by atoms with Crippen LogP contribution in [-0.2, 0) is 15.4 Å². The zero-order valence-electron chi connectivity index (χ0n) is 17.1. The van der Waals surface area contributed by atoms with E-state index in [0.717, 1.165) is 30.5 Å². The molecular formula is C22H25F2N3O3S. The molecule has 6 nitrogen and oxygen atoms in total. The summed E-state index contributed by atoms with van der Waals surface area (Å²) in [6.45, 7) is 1.66. The molecule has 1 saturated heterocycles. The summed E-state index contributed by atoms with van der Waals surface area (Å²) in [5.41, 5.74) is 0.870. The number of carbonyl (C=O) groups is 1. The standard InChI is InChI=1S/C22H25F2N3O3S/c23-18-4-2-17(3-5-18)22(10-11-22)16-25-21(28)26-12-1-13-27(15-14-26)31(29,30)20-8-6-19(24)7-9-20/h2-9H,1,10-16H2,(H,25,28). The highest BCUT2D eigenvalue weighted by Gasteiger charge is 2.44. The second kappa shape index (κ2) is 8.55. The third-order valence-corrected chi connectivity index (χ3v) is 7.99. The predicted molar refractivity (Wildman–Crippen MR) is 112 cm³/mol.